The second kappa shape index (κ2) is 6.30. The van der Waals surface area contributed by atoms with E-state index in [9.17, 15) is 13.2 Å². The predicted molar refractivity (Wildman–Crippen MR) is 77.4 cm³/mol. The zero-order chi connectivity index (χ0) is 14.8. The van der Waals surface area contributed by atoms with Crippen LogP contribution in [0.3, 0.4) is 0 Å². The molecular formula is C12H14Cl2N2O3S. The first-order valence-electron chi connectivity index (χ1n) is 6.16. The van der Waals surface area contributed by atoms with Crippen molar-refractivity contribution in [1.29, 1.82) is 0 Å². The summed E-state index contributed by atoms with van der Waals surface area (Å²) < 4.78 is 27.0. The summed E-state index contributed by atoms with van der Waals surface area (Å²) in [5.41, 5.74) is 0. The van der Waals surface area contributed by atoms with Crippen LogP contribution < -0.4 is 10.0 Å². The van der Waals surface area contributed by atoms with Gasteiger partial charge in [0.05, 0.1) is 10.0 Å². The third-order valence-electron chi connectivity index (χ3n) is 3.04. The van der Waals surface area contributed by atoms with Gasteiger partial charge < -0.3 is 5.32 Å². The van der Waals surface area contributed by atoms with Crippen LogP contribution in [0.1, 0.15) is 19.3 Å². The van der Waals surface area contributed by atoms with Gasteiger partial charge in [-0.25, -0.2) is 8.42 Å². The van der Waals surface area contributed by atoms with Crippen molar-refractivity contribution in [3.8, 4) is 0 Å². The Morgan fingerprint density at radius 1 is 1.25 bits per heavy atom. The zero-order valence-electron chi connectivity index (χ0n) is 10.5. The summed E-state index contributed by atoms with van der Waals surface area (Å²) in [5, 5.41) is 2.78. The number of sulfonamides is 1. The van der Waals surface area contributed by atoms with Crippen LogP contribution in [0.15, 0.2) is 23.1 Å². The molecule has 1 atom stereocenters. The van der Waals surface area contributed by atoms with E-state index < -0.39 is 16.1 Å². The molecule has 0 aliphatic carbocycles. The van der Waals surface area contributed by atoms with E-state index in [4.69, 9.17) is 23.2 Å². The summed E-state index contributed by atoms with van der Waals surface area (Å²) in [7, 11) is -3.89. The maximum absolute atomic E-state index is 12.3. The lowest BCUT2D eigenvalue weighted by molar-refractivity contribution is -0.122. The molecule has 2 rings (SSSR count). The van der Waals surface area contributed by atoms with Crippen LogP contribution in [0.2, 0.25) is 10.0 Å². The molecule has 1 fully saturated rings. The van der Waals surface area contributed by atoms with Gasteiger partial charge in [-0.15, -0.1) is 0 Å². The van der Waals surface area contributed by atoms with E-state index in [1.54, 1.807) is 0 Å². The van der Waals surface area contributed by atoms with Crippen LogP contribution in [0.5, 0.6) is 0 Å². The molecule has 0 saturated carbocycles. The number of carbonyl (C=O) groups excluding carboxylic acids is 1. The van der Waals surface area contributed by atoms with Gasteiger partial charge in [0.25, 0.3) is 0 Å². The fourth-order valence-electron chi connectivity index (χ4n) is 1.99. The van der Waals surface area contributed by atoms with Gasteiger partial charge in [-0.3, -0.25) is 4.79 Å². The highest BCUT2D eigenvalue weighted by atomic mass is 35.5. The molecule has 1 aliphatic rings. The molecule has 20 heavy (non-hydrogen) atoms. The Labute approximate surface area is 127 Å². The molecule has 0 radical (unpaired) electrons. The molecule has 1 aromatic rings. The van der Waals surface area contributed by atoms with Crippen molar-refractivity contribution in [3.05, 3.63) is 28.2 Å². The van der Waals surface area contributed by atoms with E-state index in [0.717, 1.165) is 12.8 Å². The van der Waals surface area contributed by atoms with Crippen molar-refractivity contribution >= 4 is 39.1 Å². The molecule has 2 N–H and O–H groups in total. The van der Waals surface area contributed by atoms with E-state index >= 15 is 0 Å². The Hall–Kier alpha value is -0.820. The molecule has 1 aromatic carbocycles. The summed E-state index contributed by atoms with van der Waals surface area (Å²) in [6.07, 6.45) is 2.07. The summed E-state index contributed by atoms with van der Waals surface area (Å²) in [4.78, 5) is 11.7. The SMILES string of the molecule is O=C1NCCCCC1NS(=O)(=O)c1cccc(Cl)c1Cl. The Balaban J connectivity index is 2.26. The highest BCUT2D eigenvalue weighted by molar-refractivity contribution is 7.89. The van der Waals surface area contributed by atoms with E-state index in [0.29, 0.717) is 13.0 Å². The minimum atomic E-state index is -3.89. The van der Waals surface area contributed by atoms with Gasteiger partial charge in [0.15, 0.2) is 0 Å². The lowest BCUT2D eigenvalue weighted by Gasteiger charge is -2.16. The maximum Gasteiger partial charge on any atom is 0.242 e. The van der Waals surface area contributed by atoms with E-state index in [1.165, 1.54) is 18.2 Å². The van der Waals surface area contributed by atoms with Crippen molar-refractivity contribution in [1.82, 2.24) is 10.0 Å². The molecule has 1 amide bonds. The molecule has 0 aromatic heterocycles. The van der Waals surface area contributed by atoms with Gasteiger partial charge in [0, 0.05) is 6.54 Å². The van der Waals surface area contributed by atoms with Crippen molar-refractivity contribution in [2.45, 2.75) is 30.2 Å². The standard InChI is InChI=1S/C12H14Cl2N2O3S/c13-8-4-3-6-10(11(8)14)20(18,19)16-9-5-1-2-7-15-12(9)17/h3-4,6,9,16H,1-2,5,7H2,(H,15,17). The number of halogens is 2. The predicted octanol–water partition coefficient (Wildman–Crippen LogP) is 1.94. The Kier molecular flexibility index (Phi) is 4.90. The van der Waals surface area contributed by atoms with Crippen LogP contribution in [0.4, 0.5) is 0 Å². The monoisotopic (exact) mass is 336 g/mol. The quantitative estimate of drug-likeness (QED) is 0.885. The molecule has 1 saturated heterocycles. The van der Waals surface area contributed by atoms with Crippen molar-refractivity contribution in [2.24, 2.45) is 0 Å². The van der Waals surface area contributed by atoms with Crippen LogP contribution in [0, 0.1) is 0 Å². The molecule has 1 heterocycles. The van der Waals surface area contributed by atoms with Gasteiger partial charge in [-0.2, -0.15) is 4.72 Å². The van der Waals surface area contributed by atoms with Gasteiger partial charge >= 0.3 is 0 Å². The van der Waals surface area contributed by atoms with Crippen LogP contribution in [0.25, 0.3) is 0 Å². The van der Waals surface area contributed by atoms with Gasteiger partial charge in [0.2, 0.25) is 15.9 Å². The first kappa shape index (κ1) is 15.6. The number of carbonyl (C=O) groups is 1. The number of rotatable bonds is 3. The summed E-state index contributed by atoms with van der Waals surface area (Å²) in [6.45, 7) is 0.564. The highest BCUT2D eigenvalue weighted by Gasteiger charge is 2.28. The van der Waals surface area contributed by atoms with Gasteiger partial charge in [-0.1, -0.05) is 29.3 Å². The van der Waals surface area contributed by atoms with Crippen molar-refractivity contribution in [3.63, 3.8) is 0 Å². The molecule has 0 spiro atoms. The first-order chi connectivity index (χ1) is 9.42. The van der Waals surface area contributed by atoms with Crippen molar-refractivity contribution in [2.75, 3.05) is 6.54 Å². The van der Waals surface area contributed by atoms with Crippen LogP contribution in [-0.4, -0.2) is 26.9 Å². The number of amides is 1. The number of hydrogen-bond donors (Lipinski definition) is 2. The second-order valence-corrected chi connectivity index (χ2v) is 6.98. The largest absolute Gasteiger partial charge is 0.355 e. The maximum atomic E-state index is 12.3. The fraction of sp³-hybridized carbons (Fsp3) is 0.417. The molecule has 8 heteroatoms. The normalized spacial score (nSPS) is 20.3. The highest BCUT2D eigenvalue weighted by Crippen LogP contribution is 2.29. The minimum absolute atomic E-state index is 0.0457. The lowest BCUT2D eigenvalue weighted by Crippen LogP contribution is -2.45. The average Bonchev–Trinajstić information content (AvgIpc) is 2.58. The third-order valence-corrected chi connectivity index (χ3v) is 5.48. The van der Waals surface area contributed by atoms with Gasteiger partial charge in [0.1, 0.15) is 10.9 Å². The molecular weight excluding hydrogens is 323 g/mol. The molecule has 1 aliphatic heterocycles. The third kappa shape index (κ3) is 3.44. The minimum Gasteiger partial charge on any atom is -0.355 e. The number of nitrogens with one attached hydrogen (secondary N) is 2. The number of hydrogen-bond acceptors (Lipinski definition) is 3. The average molecular weight is 337 g/mol. The Bertz CT molecular complexity index is 619. The summed E-state index contributed by atoms with van der Waals surface area (Å²) in [6, 6.07) is 3.57. The van der Waals surface area contributed by atoms with Crippen LogP contribution in [-0.2, 0) is 14.8 Å². The number of benzene rings is 1. The smallest absolute Gasteiger partial charge is 0.242 e. The second-order valence-electron chi connectivity index (χ2n) is 4.51. The molecule has 1 unspecified atom stereocenters. The molecule has 0 bridgehead atoms. The molecule has 110 valence electrons. The first-order valence-corrected chi connectivity index (χ1v) is 8.40. The molecule has 5 nitrogen and oxygen atoms in total. The van der Waals surface area contributed by atoms with E-state index in [1.807, 2.05) is 0 Å². The Morgan fingerprint density at radius 2 is 2.00 bits per heavy atom. The van der Waals surface area contributed by atoms with E-state index in [2.05, 4.69) is 10.0 Å². The Morgan fingerprint density at radius 3 is 2.75 bits per heavy atom. The van der Waals surface area contributed by atoms with Crippen LogP contribution >= 0.6 is 23.2 Å². The zero-order valence-corrected chi connectivity index (χ0v) is 12.9. The van der Waals surface area contributed by atoms with Crippen molar-refractivity contribution < 1.29 is 13.2 Å². The topological polar surface area (TPSA) is 75.3 Å². The summed E-state index contributed by atoms with van der Waals surface area (Å²) in [5.74, 6) is -0.316. The summed E-state index contributed by atoms with van der Waals surface area (Å²) >= 11 is 11.7. The lowest BCUT2D eigenvalue weighted by atomic mass is 10.1. The van der Waals surface area contributed by atoms with Gasteiger partial charge in [-0.05, 0) is 31.4 Å². The van der Waals surface area contributed by atoms with E-state index in [-0.39, 0.29) is 20.8 Å². The fourth-order valence-corrected chi connectivity index (χ4v) is 3.99.